The van der Waals surface area contributed by atoms with E-state index in [1.165, 1.54) is 37.7 Å². The van der Waals surface area contributed by atoms with Gasteiger partial charge in [-0.05, 0) is 61.3 Å². The first kappa shape index (κ1) is 15.7. The molecule has 1 saturated carbocycles. The van der Waals surface area contributed by atoms with E-state index < -0.39 is 0 Å². The van der Waals surface area contributed by atoms with Gasteiger partial charge in [0.05, 0.1) is 12.5 Å². The average Bonchev–Trinajstić information content (AvgIpc) is 2.86. The fraction of sp³-hybridized carbons (Fsp3) is 0.850. The van der Waals surface area contributed by atoms with Crippen molar-refractivity contribution in [2.24, 2.45) is 28.6 Å². The molecule has 0 N–H and O–H groups in total. The van der Waals surface area contributed by atoms with Crippen molar-refractivity contribution < 1.29 is 14.3 Å². The van der Waals surface area contributed by atoms with Crippen LogP contribution < -0.4 is 0 Å². The Labute approximate surface area is 139 Å². The minimum Gasteiger partial charge on any atom is -0.435 e. The summed E-state index contributed by atoms with van der Waals surface area (Å²) < 4.78 is 11.4. The van der Waals surface area contributed by atoms with E-state index in [4.69, 9.17) is 9.47 Å². The highest BCUT2D eigenvalue weighted by Gasteiger charge is 2.53. The molecule has 4 rings (SSSR count). The van der Waals surface area contributed by atoms with Crippen LogP contribution in [0.1, 0.15) is 66.2 Å². The van der Waals surface area contributed by atoms with E-state index in [0.717, 1.165) is 13.0 Å². The van der Waals surface area contributed by atoms with Crippen LogP contribution in [0, 0.1) is 28.6 Å². The predicted octanol–water partition coefficient (Wildman–Crippen LogP) is 4.46. The zero-order valence-corrected chi connectivity index (χ0v) is 15.0. The molecule has 3 nitrogen and oxygen atoms in total. The molecule has 2 aliphatic heterocycles. The highest BCUT2D eigenvalue weighted by Crippen LogP contribution is 2.57. The van der Waals surface area contributed by atoms with Crippen LogP contribution in [0.3, 0.4) is 0 Å². The molecule has 5 atom stereocenters. The lowest BCUT2D eigenvalue weighted by Crippen LogP contribution is -2.44. The van der Waals surface area contributed by atoms with Gasteiger partial charge < -0.3 is 9.47 Å². The fourth-order valence-electron chi connectivity index (χ4n) is 6.09. The van der Waals surface area contributed by atoms with Gasteiger partial charge in [-0.15, -0.1) is 0 Å². The first-order chi connectivity index (χ1) is 10.8. The zero-order valence-electron chi connectivity index (χ0n) is 15.0. The Kier molecular flexibility index (Phi) is 3.46. The van der Waals surface area contributed by atoms with E-state index in [2.05, 4.69) is 20.8 Å². The van der Waals surface area contributed by atoms with Crippen LogP contribution in [0.5, 0.6) is 0 Å². The van der Waals surface area contributed by atoms with Gasteiger partial charge in [0, 0.05) is 5.92 Å². The van der Waals surface area contributed by atoms with Crippen LogP contribution >= 0.6 is 0 Å². The fourth-order valence-corrected chi connectivity index (χ4v) is 6.09. The first-order valence-corrected chi connectivity index (χ1v) is 9.36. The highest BCUT2D eigenvalue weighted by atomic mass is 16.7. The van der Waals surface area contributed by atoms with Crippen LogP contribution in [0.4, 0.5) is 0 Å². The summed E-state index contributed by atoms with van der Waals surface area (Å²) in [5.41, 5.74) is 3.65. The van der Waals surface area contributed by atoms with Gasteiger partial charge in [0.1, 0.15) is 0 Å². The lowest BCUT2D eigenvalue weighted by Gasteiger charge is -2.49. The Morgan fingerprint density at radius 2 is 1.96 bits per heavy atom. The van der Waals surface area contributed by atoms with Crippen LogP contribution in [-0.2, 0) is 14.3 Å². The minimum absolute atomic E-state index is 0.0834. The zero-order chi connectivity index (χ0) is 16.4. The molecule has 0 aromatic heterocycles. The maximum absolute atomic E-state index is 12.4. The van der Waals surface area contributed by atoms with Gasteiger partial charge >= 0.3 is 5.97 Å². The third kappa shape index (κ3) is 2.38. The number of carbonyl (C=O) groups is 1. The van der Waals surface area contributed by atoms with Gasteiger partial charge in [-0.2, -0.15) is 0 Å². The van der Waals surface area contributed by atoms with Gasteiger partial charge in [-0.3, -0.25) is 4.79 Å². The first-order valence-electron chi connectivity index (χ1n) is 9.36. The molecule has 3 heteroatoms. The van der Waals surface area contributed by atoms with Gasteiger partial charge in [0.15, 0.2) is 0 Å². The van der Waals surface area contributed by atoms with Crippen molar-refractivity contribution in [1.82, 2.24) is 0 Å². The van der Waals surface area contributed by atoms with E-state index in [9.17, 15) is 4.79 Å². The molecule has 0 amide bonds. The van der Waals surface area contributed by atoms with Gasteiger partial charge in [0.2, 0.25) is 6.29 Å². The summed E-state index contributed by atoms with van der Waals surface area (Å²) in [7, 11) is 0. The average molecular weight is 318 g/mol. The monoisotopic (exact) mass is 318 g/mol. The van der Waals surface area contributed by atoms with Crippen molar-refractivity contribution in [3.05, 3.63) is 11.1 Å². The maximum Gasteiger partial charge on any atom is 0.315 e. The normalized spacial score (nSPS) is 45.7. The Morgan fingerprint density at radius 1 is 1.17 bits per heavy atom. The molecular formula is C20H30O3. The van der Waals surface area contributed by atoms with E-state index in [1.807, 2.05) is 6.92 Å². The predicted molar refractivity (Wildman–Crippen MR) is 88.6 cm³/mol. The third-order valence-corrected chi connectivity index (χ3v) is 6.98. The summed E-state index contributed by atoms with van der Waals surface area (Å²) in [6.45, 7) is 10.1. The molecule has 2 aliphatic carbocycles. The number of esters is 1. The van der Waals surface area contributed by atoms with E-state index in [0.29, 0.717) is 17.3 Å². The second-order valence-electron chi connectivity index (χ2n) is 9.37. The standard InChI is InChI=1S/C20H30O3/c1-12-15-14(20(4)9-5-8-19(2,3)11-20)7-6-13-10-22-18(16(13)15)23-17(12)21/h12-13,16,18H,5-11H2,1-4H3/t12-,13+,16-,18+,20+/m1/s1. The number of rotatable bonds is 1. The van der Waals surface area contributed by atoms with E-state index in [1.54, 1.807) is 5.57 Å². The lowest BCUT2D eigenvalue weighted by molar-refractivity contribution is -0.185. The smallest absolute Gasteiger partial charge is 0.315 e. The minimum atomic E-state index is -0.311. The van der Waals surface area contributed by atoms with Crippen LogP contribution in [0.25, 0.3) is 0 Å². The van der Waals surface area contributed by atoms with E-state index in [-0.39, 0.29) is 23.6 Å². The topological polar surface area (TPSA) is 35.5 Å². The number of hydrogen-bond donors (Lipinski definition) is 0. The lowest BCUT2D eigenvalue weighted by atomic mass is 9.56. The molecule has 0 spiro atoms. The van der Waals surface area contributed by atoms with Gasteiger partial charge in [0.25, 0.3) is 0 Å². The van der Waals surface area contributed by atoms with Crippen molar-refractivity contribution in [3.63, 3.8) is 0 Å². The SMILES string of the molecule is C[C@H]1C(=O)O[C@@H]2OC[C@@H]3CCC([C@@]4(C)CCCC(C)(C)C4)=C1[C@@H]32. The van der Waals surface area contributed by atoms with Gasteiger partial charge in [-0.25, -0.2) is 0 Å². The largest absolute Gasteiger partial charge is 0.435 e. The molecular weight excluding hydrogens is 288 g/mol. The molecule has 128 valence electrons. The van der Waals surface area contributed by atoms with Crippen molar-refractivity contribution >= 4 is 5.97 Å². The molecule has 2 heterocycles. The summed E-state index contributed by atoms with van der Waals surface area (Å²) >= 11 is 0. The van der Waals surface area contributed by atoms with Crippen molar-refractivity contribution in [2.75, 3.05) is 6.61 Å². The summed E-state index contributed by atoms with van der Waals surface area (Å²) in [6.07, 6.45) is 7.16. The Bertz CT molecular complexity index is 561. The second-order valence-corrected chi connectivity index (χ2v) is 9.37. The van der Waals surface area contributed by atoms with Crippen LogP contribution in [0.15, 0.2) is 11.1 Å². The quantitative estimate of drug-likeness (QED) is 0.529. The molecule has 0 bridgehead atoms. The summed E-state index contributed by atoms with van der Waals surface area (Å²) in [5, 5.41) is 0. The van der Waals surface area contributed by atoms with Crippen molar-refractivity contribution in [2.45, 2.75) is 72.5 Å². The van der Waals surface area contributed by atoms with Crippen LogP contribution in [-0.4, -0.2) is 18.9 Å². The Morgan fingerprint density at radius 3 is 2.70 bits per heavy atom. The molecule has 2 saturated heterocycles. The highest BCUT2D eigenvalue weighted by molar-refractivity contribution is 5.77. The third-order valence-electron chi connectivity index (χ3n) is 6.98. The number of ether oxygens (including phenoxy) is 2. The molecule has 0 aromatic carbocycles. The number of hydrogen-bond acceptors (Lipinski definition) is 3. The molecule has 4 aliphatic rings. The van der Waals surface area contributed by atoms with Crippen molar-refractivity contribution in [3.8, 4) is 0 Å². The molecule has 3 fully saturated rings. The maximum atomic E-state index is 12.4. The number of allylic oxidation sites excluding steroid dienone is 1. The van der Waals surface area contributed by atoms with Crippen molar-refractivity contribution in [1.29, 1.82) is 0 Å². The molecule has 0 radical (unpaired) electrons. The molecule has 23 heavy (non-hydrogen) atoms. The number of carbonyl (C=O) groups excluding carboxylic acids is 1. The molecule has 0 aromatic rings. The second kappa shape index (κ2) is 5.08. The van der Waals surface area contributed by atoms with E-state index >= 15 is 0 Å². The summed E-state index contributed by atoms with van der Waals surface area (Å²) in [4.78, 5) is 12.4. The van der Waals surface area contributed by atoms with Crippen LogP contribution in [0.2, 0.25) is 0 Å². The Balaban J connectivity index is 1.79. The summed E-state index contributed by atoms with van der Waals surface area (Å²) in [6, 6.07) is 0. The van der Waals surface area contributed by atoms with Gasteiger partial charge in [-0.1, -0.05) is 32.8 Å². The molecule has 0 unspecified atom stereocenters. The Hall–Kier alpha value is -0.830. The summed E-state index contributed by atoms with van der Waals surface area (Å²) in [5.74, 6) is 0.709.